The Kier molecular flexibility index (Phi) is 1.59. The van der Waals surface area contributed by atoms with Gasteiger partial charge in [-0.3, -0.25) is 0 Å². The summed E-state index contributed by atoms with van der Waals surface area (Å²) in [5.74, 6) is 0.623. The molecular weight excluding hydrogens is 178 g/mol. The number of nitrogens with zero attached hydrogens (tertiary/aromatic N) is 3. The average Bonchev–Trinajstić information content (AvgIpc) is 2.98. The smallest absolute Gasteiger partial charge is 0.137 e. The minimum atomic E-state index is 0.623. The lowest BCUT2D eigenvalue weighted by atomic mass is 10.1. The molecule has 1 aliphatic carbocycles. The van der Waals surface area contributed by atoms with Crippen LogP contribution >= 0.6 is 0 Å². The van der Waals surface area contributed by atoms with Gasteiger partial charge < -0.3 is 4.52 Å². The molecule has 0 N–H and O–H groups in total. The van der Waals surface area contributed by atoms with Crippen LogP contribution in [-0.2, 0) is 0 Å². The third kappa shape index (κ3) is 1.19. The largest absolute Gasteiger partial charge is 0.364 e. The van der Waals surface area contributed by atoms with E-state index in [1.165, 1.54) is 18.4 Å². The Balaban J connectivity index is 2.07. The predicted molar refractivity (Wildman–Crippen MR) is 49.5 cm³/mol. The molecule has 4 heteroatoms. The molecule has 2 aromatic heterocycles. The molecule has 0 unspecified atom stereocenters. The summed E-state index contributed by atoms with van der Waals surface area (Å²) in [6.45, 7) is 0. The molecule has 4 nitrogen and oxygen atoms in total. The van der Waals surface area contributed by atoms with Crippen LogP contribution in [0.2, 0.25) is 0 Å². The Morgan fingerprint density at radius 2 is 2.29 bits per heavy atom. The van der Waals surface area contributed by atoms with Crippen molar-refractivity contribution >= 4 is 0 Å². The van der Waals surface area contributed by atoms with Gasteiger partial charge in [0.15, 0.2) is 0 Å². The third-order valence-electron chi connectivity index (χ3n) is 2.43. The summed E-state index contributed by atoms with van der Waals surface area (Å²) in [7, 11) is 0. The molecule has 0 bridgehead atoms. The molecule has 0 aliphatic heterocycles. The lowest BCUT2D eigenvalue weighted by Crippen LogP contribution is -1.89. The summed E-state index contributed by atoms with van der Waals surface area (Å²) in [5, 5.41) is 11.8. The van der Waals surface area contributed by atoms with E-state index in [4.69, 9.17) is 4.52 Å². The Labute approximate surface area is 81.0 Å². The quantitative estimate of drug-likeness (QED) is 0.721. The first-order valence-electron chi connectivity index (χ1n) is 4.67. The van der Waals surface area contributed by atoms with Crippen molar-refractivity contribution in [3.63, 3.8) is 0 Å². The Morgan fingerprint density at radius 3 is 3.00 bits per heavy atom. The molecule has 70 valence electrons. The van der Waals surface area contributed by atoms with Crippen LogP contribution in [0.3, 0.4) is 0 Å². The molecule has 1 saturated carbocycles. The van der Waals surface area contributed by atoms with Crippen molar-refractivity contribution in [1.82, 2.24) is 15.4 Å². The summed E-state index contributed by atoms with van der Waals surface area (Å²) in [4.78, 5) is 0. The normalized spacial score (nSPS) is 15.7. The molecule has 2 aromatic rings. The minimum absolute atomic E-state index is 0.623. The van der Waals surface area contributed by atoms with Crippen molar-refractivity contribution in [2.45, 2.75) is 18.8 Å². The van der Waals surface area contributed by atoms with E-state index >= 15 is 0 Å². The van der Waals surface area contributed by atoms with Crippen LogP contribution in [0.4, 0.5) is 0 Å². The fourth-order valence-electron chi connectivity index (χ4n) is 1.55. The second-order valence-electron chi connectivity index (χ2n) is 3.50. The van der Waals surface area contributed by atoms with Gasteiger partial charge in [-0.2, -0.15) is 5.10 Å². The maximum absolute atomic E-state index is 4.98. The van der Waals surface area contributed by atoms with E-state index in [2.05, 4.69) is 15.4 Å². The second-order valence-corrected chi connectivity index (χ2v) is 3.50. The van der Waals surface area contributed by atoms with Crippen molar-refractivity contribution in [3.8, 4) is 11.4 Å². The van der Waals surface area contributed by atoms with E-state index in [1.807, 2.05) is 12.1 Å². The van der Waals surface area contributed by atoms with Crippen LogP contribution in [0.1, 0.15) is 24.3 Å². The monoisotopic (exact) mass is 187 g/mol. The number of rotatable bonds is 2. The molecule has 0 atom stereocenters. The number of hydrogen-bond acceptors (Lipinski definition) is 4. The summed E-state index contributed by atoms with van der Waals surface area (Å²) < 4.78 is 4.98. The first-order chi connectivity index (χ1) is 6.95. The van der Waals surface area contributed by atoms with Crippen molar-refractivity contribution in [1.29, 1.82) is 0 Å². The van der Waals surface area contributed by atoms with Gasteiger partial charge in [0.2, 0.25) is 0 Å². The SMILES string of the molecule is c1cnnc(-c2nocc2C2CC2)c1. The van der Waals surface area contributed by atoms with E-state index < -0.39 is 0 Å². The summed E-state index contributed by atoms with van der Waals surface area (Å²) in [6, 6.07) is 3.75. The number of aromatic nitrogens is 3. The van der Waals surface area contributed by atoms with Crippen molar-refractivity contribution in [2.24, 2.45) is 0 Å². The first-order valence-corrected chi connectivity index (χ1v) is 4.67. The van der Waals surface area contributed by atoms with Gasteiger partial charge in [0.1, 0.15) is 17.7 Å². The van der Waals surface area contributed by atoms with Crippen molar-refractivity contribution in [3.05, 3.63) is 30.2 Å². The maximum atomic E-state index is 4.98. The molecular formula is C10H9N3O. The number of hydrogen-bond donors (Lipinski definition) is 0. The lowest BCUT2D eigenvalue weighted by molar-refractivity contribution is 0.421. The van der Waals surface area contributed by atoms with Crippen molar-refractivity contribution < 1.29 is 4.52 Å². The van der Waals surface area contributed by atoms with Gasteiger partial charge in [-0.1, -0.05) is 5.16 Å². The van der Waals surface area contributed by atoms with Crippen molar-refractivity contribution in [2.75, 3.05) is 0 Å². The lowest BCUT2D eigenvalue weighted by Gasteiger charge is -1.95. The molecule has 1 aliphatic rings. The van der Waals surface area contributed by atoms with Crippen LogP contribution in [0.25, 0.3) is 11.4 Å². The zero-order chi connectivity index (χ0) is 9.38. The van der Waals surface area contributed by atoms with Gasteiger partial charge in [-0.15, -0.1) is 5.10 Å². The fraction of sp³-hybridized carbons (Fsp3) is 0.300. The molecule has 0 spiro atoms. The van der Waals surface area contributed by atoms with E-state index in [1.54, 1.807) is 12.5 Å². The van der Waals surface area contributed by atoms with Crippen LogP contribution < -0.4 is 0 Å². The Hall–Kier alpha value is -1.71. The summed E-state index contributed by atoms with van der Waals surface area (Å²) in [6.07, 6.45) is 5.84. The summed E-state index contributed by atoms with van der Waals surface area (Å²) >= 11 is 0. The Bertz CT molecular complexity index is 434. The zero-order valence-electron chi connectivity index (χ0n) is 7.55. The van der Waals surface area contributed by atoms with E-state index in [0.717, 1.165) is 11.4 Å². The van der Waals surface area contributed by atoms with Crippen LogP contribution in [-0.4, -0.2) is 15.4 Å². The highest BCUT2D eigenvalue weighted by molar-refractivity contribution is 5.58. The van der Waals surface area contributed by atoms with E-state index in [0.29, 0.717) is 5.92 Å². The topological polar surface area (TPSA) is 51.8 Å². The van der Waals surface area contributed by atoms with Gasteiger partial charge in [0, 0.05) is 11.8 Å². The van der Waals surface area contributed by atoms with Gasteiger partial charge in [0.25, 0.3) is 0 Å². The van der Waals surface area contributed by atoms with Crippen LogP contribution in [0.15, 0.2) is 29.1 Å². The van der Waals surface area contributed by atoms with E-state index in [9.17, 15) is 0 Å². The first kappa shape index (κ1) is 7.67. The van der Waals surface area contributed by atoms with Gasteiger partial charge in [-0.05, 0) is 30.9 Å². The van der Waals surface area contributed by atoms with E-state index in [-0.39, 0.29) is 0 Å². The Morgan fingerprint density at radius 1 is 1.36 bits per heavy atom. The maximum Gasteiger partial charge on any atom is 0.137 e. The molecule has 0 saturated heterocycles. The van der Waals surface area contributed by atoms with Gasteiger partial charge in [-0.25, -0.2) is 0 Å². The predicted octanol–water partition coefficient (Wildman–Crippen LogP) is 2.01. The molecule has 1 fully saturated rings. The average molecular weight is 187 g/mol. The van der Waals surface area contributed by atoms with Gasteiger partial charge >= 0.3 is 0 Å². The second kappa shape index (κ2) is 2.90. The molecule has 0 amide bonds. The van der Waals surface area contributed by atoms with Crippen LogP contribution in [0, 0.1) is 0 Å². The highest BCUT2D eigenvalue weighted by atomic mass is 16.5. The summed E-state index contributed by atoms with van der Waals surface area (Å²) in [5.41, 5.74) is 2.81. The molecule has 3 rings (SSSR count). The minimum Gasteiger partial charge on any atom is -0.364 e. The fourth-order valence-corrected chi connectivity index (χ4v) is 1.55. The standard InChI is InChI=1S/C10H9N3O/c1-2-9(12-11-5-1)10-8(6-14-13-10)7-3-4-7/h1-2,5-7H,3-4H2. The highest BCUT2D eigenvalue weighted by Gasteiger charge is 2.29. The highest BCUT2D eigenvalue weighted by Crippen LogP contribution is 2.43. The molecule has 0 aromatic carbocycles. The van der Waals surface area contributed by atoms with Crippen LogP contribution in [0.5, 0.6) is 0 Å². The van der Waals surface area contributed by atoms with Gasteiger partial charge in [0.05, 0.1) is 0 Å². The zero-order valence-corrected chi connectivity index (χ0v) is 7.55. The molecule has 0 radical (unpaired) electrons. The molecule has 14 heavy (non-hydrogen) atoms. The molecule has 2 heterocycles. The third-order valence-corrected chi connectivity index (χ3v) is 2.43.